The van der Waals surface area contributed by atoms with Gasteiger partial charge in [0, 0.05) is 23.4 Å². The van der Waals surface area contributed by atoms with Crippen LogP contribution in [0.25, 0.3) is 16.9 Å². The van der Waals surface area contributed by atoms with Crippen LogP contribution in [0.3, 0.4) is 0 Å². The van der Waals surface area contributed by atoms with Gasteiger partial charge in [0.05, 0.1) is 11.9 Å². The summed E-state index contributed by atoms with van der Waals surface area (Å²) < 4.78 is 56.0. The van der Waals surface area contributed by atoms with Crippen molar-refractivity contribution in [3.8, 4) is 16.9 Å². The smallest absolute Gasteiger partial charge is 0.186 e. The van der Waals surface area contributed by atoms with Gasteiger partial charge in [0.25, 0.3) is 0 Å². The number of hydrogen-bond acceptors (Lipinski definition) is 3. The molecule has 0 saturated heterocycles. The molecule has 0 atom stereocenters. The summed E-state index contributed by atoms with van der Waals surface area (Å²) in [5.41, 5.74) is 3.71. The Bertz CT molecular complexity index is 1180. The number of halogens is 4. The van der Waals surface area contributed by atoms with Crippen molar-refractivity contribution >= 4 is 11.9 Å². The summed E-state index contributed by atoms with van der Waals surface area (Å²) in [5, 5.41) is 8.34. The Balaban J connectivity index is 1.71. The van der Waals surface area contributed by atoms with Crippen LogP contribution >= 0.6 is 0 Å². The molecule has 0 spiro atoms. The van der Waals surface area contributed by atoms with Crippen LogP contribution in [0, 0.1) is 23.3 Å². The quantitative estimate of drug-likeness (QED) is 0.203. The molecule has 0 radical (unpaired) electrons. The van der Waals surface area contributed by atoms with Gasteiger partial charge in [0.2, 0.25) is 0 Å². The lowest BCUT2D eigenvalue weighted by Gasteiger charge is -2.05. The van der Waals surface area contributed by atoms with Gasteiger partial charge >= 0.3 is 0 Å². The molecule has 0 bridgehead atoms. The first-order valence-corrected chi connectivity index (χ1v) is 8.87. The monoisotopic (exact) mass is 410 g/mol. The number of hydrazone groups is 1. The summed E-state index contributed by atoms with van der Waals surface area (Å²) in [4.78, 5) is 0. The van der Waals surface area contributed by atoms with Crippen LogP contribution in [0.2, 0.25) is 0 Å². The zero-order chi connectivity index (χ0) is 21.1. The molecule has 1 aromatic heterocycles. The molecule has 0 aliphatic heterocycles. The van der Waals surface area contributed by atoms with Crippen molar-refractivity contribution in [1.29, 1.82) is 0 Å². The van der Waals surface area contributed by atoms with E-state index in [4.69, 9.17) is 0 Å². The highest BCUT2D eigenvalue weighted by atomic mass is 19.2. The predicted molar refractivity (Wildman–Crippen MR) is 106 cm³/mol. The van der Waals surface area contributed by atoms with E-state index in [-0.39, 0.29) is 6.07 Å². The summed E-state index contributed by atoms with van der Waals surface area (Å²) in [5.74, 6) is -6.16. The molecular formula is C22H14F4N4. The van der Waals surface area contributed by atoms with Gasteiger partial charge < -0.3 is 0 Å². The maximum Gasteiger partial charge on any atom is 0.186 e. The predicted octanol–water partition coefficient (Wildman–Crippen LogP) is 5.54. The van der Waals surface area contributed by atoms with Gasteiger partial charge in [0.1, 0.15) is 11.4 Å². The first-order chi connectivity index (χ1) is 14.5. The fraction of sp³-hybridized carbons (Fsp3) is 0. The fourth-order valence-corrected chi connectivity index (χ4v) is 2.85. The number of anilines is 1. The van der Waals surface area contributed by atoms with Crippen molar-refractivity contribution in [1.82, 2.24) is 9.78 Å². The average molecular weight is 410 g/mol. The lowest BCUT2D eigenvalue weighted by molar-refractivity contribution is 0.458. The Morgan fingerprint density at radius 2 is 1.43 bits per heavy atom. The van der Waals surface area contributed by atoms with Crippen LogP contribution < -0.4 is 5.43 Å². The van der Waals surface area contributed by atoms with Crippen LogP contribution in [0.5, 0.6) is 0 Å². The first-order valence-electron chi connectivity index (χ1n) is 8.87. The SMILES string of the molecule is Fc1cc(F)c(F)c(N/N=C/c2cn(-c3ccccc3)nc2-c2ccccc2)c1F. The molecule has 8 heteroatoms. The molecule has 4 nitrogen and oxygen atoms in total. The molecule has 150 valence electrons. The molecule has 0 fully saturated rings. The summed E-state index contributed by atoms with van der Waals surface area (Å²) in [6.45, 7) is 0. The number of para-hydroxylation sites is 1. The zero-order valence-corrected chi connectivity index (χ0v) is 15.4. The van der Waals surface area contributed by atoms with E-state index in [0.717, 1.165) is 11.3 Å². The summed E-state index contributed by atoms with van der Waals surface area (Å²) >= 11 is 0. The minimum atomic E-state index is -1.56. The highest BCUT2D eigenvalue weighted by molar-refractivity contribution is 5.89. The topological polar surface area (TPSA) is 42.2 Å². The summed E-state index contributed by atoms with van der Waals surface area (Å²) in [6, 6.07) is 18.7. The Morgan fingerprint density at radius 3 is 2.07 bits per heavy atom. The molecule has 0 amide bonds. The van der Waals surface area contributed by atoms with Crippen molar-refractivity contribution in [2.75, 3.05) is 5.43 Å². The van der Waals surface area contributed by atoms with Gasteiger partial charge in [-0.1, -0.05) is 48.5 Å². The minimum Gasteiger partial charge on any atom is -0.272 e. The second kappa shape index (κ2) is 8.20. The van der Waals surface area contributed by atoms with E-state index in [2.05, 4.69) is 10.2 Å². The average Bonchev–Trinajstić information content (AvgIpc) is 3.20. The van der Waals surface area contributed by atoms with E-state index in [0.29, 0.717) is 11.3 Å². The molecule has 0 unspecified atom stereocenters. The van der Waals surface area contributed by atoms with Crippen LogP contribution in [0.1, 0.15) is 5.56 Å². The van der Waals surface area contributed by atoms with Gasteiger partial charge in [-0.25, -0.2) is 22.2 Å². The third-order valence-corrected chi connectivity index (χ3v) is 4.30. The molecule has 0 aliphatic rings. The Hall–Kier alpha value is -3.94. The molecule has 1 heterocycles. The minimum absolute atomic E-state index is 0.136. The normalized spacial score (nSPS) is 11.2. The zero-order valence-electron chi connectivity index (χ0n) is 15.4. The number of nitrogens with zero attached hydrogens (tertiary/aromatic N) is 3. The van der Waals surface area contributed by atoms with Crippen molar-refractivity contribution in [3.05, 3.63) is 102 Å². The van der Waals surface area contributed by atoms with Crippen molar-refractivity contribution < 1.29 is 17.6 Å². The van der Waals surface area contributed by atoms with Crippen molar-refractivity contribution in [3.63, 3.8) is 0 Å². The molecular weight excluding hydrogens is 396 g/mol. The highest BCUT2D eigenvalue weighted by Gasteiger charge is 2.19. The van der Waals surface area contributed by atoms with Gasteiger partial charge in [-0.2, -0.15) is 10.2 Å². The Morgan fingerprint density at radius 1 is 0.833 bits per heavy atom. The van der Waals surface area contributed by atoms with Gasteiger partial charge in [-0.3, -0.25) is 5.43 Å². The Kier molecular flexibility index (Phi) is 5.30. The van der Waals surface area contributed by atoms with Gasteiger partial charge in [0.15, 0.2) is 23.3 Å². The number of hydrogen-bond donors (Lipinski definition) is 1. The second-order valence-corrected chi connectivity index (χ2v) is 6.29. The lowest BCUT2D eigenvalue weighted by Crippen LogP contribution is -2.02. The largest absolute Gasteiger partial charge is 0.272 e. The first kappa shape index (κ1) is 19.4. The number of aromatic nitrogens is 2. The highest BCUT2D eigenvalue weighted by Crippen LogP contribution is 2.25. The van der Waals surface area contributed by atoms with Crippen molar-refractivity contribution in [2.24, 2.45) is 5.10 Å². The number of rotatable bonds is 5. The number of benzene rings is 3. The molecule has 3 aromatic carbocycles. The third kappa shape index (κ3) is 3.80. The maximum absolute atomic E-state index is 13.8. The maximum atomic E-state index is 13.8. The second-order valence-electron chi connectivity index (χ2n) is 6.29. The fourth-order valence-electron chi connectivity index (χ4n) is 2.85. The van der Waals surface area contributed by atoms with E-state index in [9.17, 15) is 17.6 Å². The molecule has 0 aliphatic carbocycles. The van der Waals surface area contributed by atoms with E-state index in [1.807, 2.05) is 66.1 Å². The standard InChI is InChI=1S/C22H14F4N4/c23-17-11-18(24)20(26)22(19(17)25)28-27-12-15-13-30(16-9-5-2-6-10-16)29-21(15)14-7-3-1-4-8-14/h1-13,28H/b27-12+. The van der Waals surface area contributed by atoms with Gasteiger partial charge in [-0.05, 0) is 12.1 Å². The number of nitrogens with one attached hydrogen (secondary N) is 1. The van der Waals surface area contributed by atoms with Crippen molar-refractivity contribution in [2.45, 2.75) is 0 Å². The third-order valence-electron chi connectivity index (χ3n) is 4.30. The molecule has 30 heavy (non-hydrogen) atoms. The van der Waals surface area contributed by atoms with Crippen LogP contribution in [0.4, 0.5) is 23.2 Å². The Labute approximate surface area is 169 Å². The van der Waals surface area contributed by atoms with Crippen LogP contribution in [-0.2, 0) is 0 Å². The molecule has 1 N–H and O–H groups in total. The summed E-state index contributed by atoms with van der Waals surface area (Å²) in [6.07, 6.45) is 2.96. The summed E-state index contributed by atoms with van der Waals surface area (Å²) in [7, 11) is 0. The van der Waals surface area contributed by atoms with Crippen LogP contribution in [0.15, 0.2) is 78.0 Å². The van der Waals surface area contributed by atoms with E-state index in [1.165, 1.54) is 6.21 Å². The van der Waals surface area contributed by atoms with E-state index < -0.39 is 29.0 Å². The molecule has 4 rings (SSSR count). The van der Waals surface area contributed by atoms with Crippen LogP contribution in [-0.4, -0.2) is 16.0 Å². The van der Waals surface area contributed by atoms with E-state index >= 15 is 0 Å². The van der Waals surface area contributed by atoms with E-state index in [1.54, 1.807) is 10.9 Å². The molecule has 0 saturated carbocycles. The molecule has 4 aromatic rings. The lowest BCUT2D eigenvalue weighted by atomic mass is 10.1. The van der Waals surface area contributed by atoms with Gasteiger partial charge in [-0.15, -0.1) is 0 Å².